The summed E-state index contributed by atoms with van der Waals surface area (Å²) in [5.74, 6) is 1.01. The van der Waals surface area contributed by atoms with Crippen molar-refractivity contribution in [3.05, 3.63) is 46.6 Å². The van der Waals surface area contributed by atoms with Crippen molar-refractivity contribution in [1.29, 1.82) is 0 Å². The molecule has 3 saturated carbocycles. The molecule has 3 fully saturated rings. The lowest BCUT2D eigenvalue weighted by molar-refractivity contribution is -0.122. The second-order valence-electron chi connectivity index (χ2n) is 9.21. The predicted molar refractivity (Wildman–Crippen MR) is 113 cm³/mol. The number of hydrogen-bond donors (Lipinski definition) is 3. The van der Waals surface area contributed by atoms with E-state index in [2.05, 4.69) is 41.5 Å². The Morgan fingerprint density at radius 2 is 2.03 bits per heavy atom. The number of nitrogens with zero attached hydrogens (tertiary/aromatic N) is 3. The predicted octanol–water partition coefficient (Wildman–Crippen LogP) is 2.14. The normalized spacial score (nSPS) is 26.5. The summed E-state index contributed by atoms with van der Waals surface area (Å²) < 4.78 is 0.979. The van der Waals surface area contributed by atoms with E-state index in [1.807, 2.05) is 0 Å². The van der Waals surface area contributed by atoms with Crippen LogP contribution in [-0.4, -0.2) is 31.8 Å². The first-order valence-electron chi connectivity index (χ1n) is 10.5. The van der Waals surface area contributed by atoms with Gasteiger partial charge in [-0.3, -0.25) is 14.6 Å². The molecule has 0 unspecified atom stereocenters. The fourth-order valence-electron chi connectivity index (χ4n) is 5.13. The van der Waals surface area contributed by atoms with Gasteiger partial charge >= 0.3 is 5.56 Å². The van der Waals surface area contributed by atoms with Crippen LogP contribution in [0, 0.1) is 23.2 Å². The summed E-state index contributed by atoms with van der Waals surface area (Å²) in [6.45, 7) is 6.98. The van der Waals surface area contributed by atoms with Gasteiger partial charge in [-0.25, -0.2) is 4.68 Å². The monoisotopic (exact) mass is 411 g/mol. The van der Waals surface area contributed by atoms with Crippen molar-refractivity contribution in [2.24, 2.45) is 23.2 Å². The highest BCUT2D eigenvalue weighted by Gasteiger charge is 2.56. The quantitative estimate of drug-likeness (QED) is 0.672. The van der Waals surface area contributed by atoms with Gasteiger partial charge in [-0.1, -0.05) is 20.8 Å². The highest BCUT2D eigenvalue weighted by molar-refractivity contribution is 5.75. The molecule has 0 radical (unpaired) electrons. The van der Waals surface area contributed by atoms with Crippen LogP contribution < -0.4 is 16.2 Å². The van der Waals surface area contributed by atoms with E-state index < -0.39 is 11.3 Å². The second kappa shape index (κ2) is 7.74. The van der Waals surface area contributed by atoms with Crippen LogP contribution in [0.5, 0.6) is 5.75 Å². The number of fused-ring (bicyclic) bond motifs is 2. The highest BCUT2D eigenvalue weighted by atomic mass is 16.3. The lowest BCUT2D eigenvalue weighted by atomic mass is 9.45. The number of nitrogens with one attached hydrogen (secondary N) is 2. The Morgan fingerprint density at radius 3 is 2.70 bits per heavy atom. The number of carbonyl (C=O) groups is 1. The van der Waals surface area contributed by atoms with Crippen molar-refractivity contribution in [2.75, 3.05) is 5.32 Å². The van der Waals surface area contributed by atoms with Gasteiger partial charge in [0.2, 0.25) is 11.7 Å². The van der Waals surface area contributed by atoms with Crippen LogP contribution in [0.25, 0.3) is 0 Å². The molecule has 0 saturated heterocycles. The average Bonchev–Trinajstić information content (AvgIpc) is 2.73. The average molecular weight is 412 g/mol. The Balaban J connectivity index is 1.39. The molecule has 8 heteroatoms. The minimum atomic E-state index is -0.673. The smallest absolute Gasteiger partial charge is 0.311 e. The van der Waals surface area contributed by atoms with Crippen LogP contribution in [0.2, 0.25) is 0 Å². The maximum Gasteiger partial charge on any atom is 0.311 e. The molecule has 3 aliphatic carbocycles. The third-order valence-electron chi connectivity index (χ3n) is 7.25. The van der Waals surface area contributed by atoms with Gasteiger partial charge in [-0.2, -0.15) is 5.10 Å². The standard InChI is InChI=1S/C22H29N5O3/c1-13-16-8-15(22(16,2)3)9-17(13)26-18-11-25-27(21(30)20(18)29)12-19(28)24-10-14-4-6-23-7-5-14/h4-7,11,13,15-17,26,29H,8-10,12H2,1-3H3,(H,24,28)/t13-,15+,16-,17-/m1/s1. The molecule has 160 valence electrons. The Kier molecular flexibility index (Phi) is 5.26. The fraction of sp³-hybridized carbons (Fsp3) is 0.545. The van der Waals surface area contributed by atoms with Crippen molar-refractivity contribution in [1.82, 2.24) is 20.1 Å². The second-order valence-corrected chi connectivity index (χ2v) is 9.21. The number of hydrogen-bond acceptors (Lipinski definition) is 6. The molecular weight excluding hydrogens is 382 g/mol. The molecule has 2 bridgehead atoms. The third kappa shape index (κ3) is 3.66. The molecule has 2 heterocycles. The van der Waals surface area contributed by atoms with Crippen LogP contribution in [0.3, 0.4) is 0 Å². The largest absolute Gasteiger partial charge is 0.502 e. The van der Waals surface area contributed by atoms with Crippen molar-refractivity contribution >= 4 is 11.6 Å². The van der Waals surface area contributed by atoms with Gasteiger partial charge < -0.3 is 15.7 Å². The minimum absolute atomic E-state index is 0.202. The molecule has 3 aliphatic rings. The first kappa shape index (κ1) is 20.4. The molecule has 30 heavy (non-hydrogen) atoms. The number of anilines is 1. The topological polar surface area (TPSA) is 109 Å². The van der Waals surface area contributed by atoms with Crippen molar-refractivity contribution < 1.29 is 9.90 Å². The summed E-state index contributed by atoms with van der Waals surface area (Å²) in [6.07, 6.45) is 7.01. The number of aromatic nitrogens is 3. The van der Waals surface area contributed by atoms with Gasteiger partial charge in [0.25, 0.3) is 0 Å². The molecule has 3 N–H and O–H groups in total. The summed E-state index contributed by atoms with van der Waals surface area (Å²) >= 11 is 0. The summed E-state index contributed by atoms with van der Waals surface area (Å²) in [4.78, 5) is 28.6. The molecule has 1 amide bonds. The van der Waals surface area contributed by atoms with Crippen LogP contribution in [0.15, 0.2) is 35.5 Å². The molecule has 2 aromatic rings. The number of pyridine rings is 1. The SMILES string of the molecule is C[C@@H]1[C@H]2C[C@@H](C[C@H]1Nc1cnn(CC(=O)NCc3ccncc3)c(=O)c1O)C2(C)C. The maximum absolute atomic E-state index is 12.5. The van der Waals surface area contributed by atoms with Crippen molar-refractivity contribution in [3.8, 4) is 5.75 Å². The van der Waals surface area contributed by atoms with E-state index in [1.54, 1.807) is 24.5 Å². The molecule has 2 aromatic heterocycles. The highest BCUT2D eigenvalue weighted by Crippen LogP contribution is 2.61. The van der Waals surface area contributed by atoms with Crippen LogP contribution in [0.4, 0.5) is 5.69 Å². The lowest BCUT2D eigenvalue weighted by Gasteiger charge is -2.62. The molecule has 5 rings (SSSR count). The van der Waals surface area contributed by atoms with Gasteiger partial charge in [0, 0.05) is 25.0 Å². The zero-order chi connectivity index (χ0) is 21.5. The van der Waals surface area contributed by atoms with E-state index in [1.165, 1.54) is 12.6 Å². The molecule has 0 aromatic carbocycles. The minimum Gasteiger partial charge on any atom is -0.502 e. The van der Waals surface area contributed by atoms with Crippen LogP contribution in [0.1, 0.15) is 39.2 Å². The molecule has 4 atom stereocenters. The molecular formula is C22H29N5O3. The first-order valence-corrected chi connectivity index (χ1v) is 10.5. The van der Waals surface area contributed by atoms with E-state index in [0.29, 0.717) is 35.4 Å². The Bertz CT molecular complexity index is 988. The van der Waals surface area contributed by atoms with Gasteiger partial charge in [-0.05, 0) is 53.7 Å². The van der Waals surface area contributed by atoms with Crippen LogP contribution in [-0.2, 0) is 17.9 Å². The van der Waals surface area contributed by atoms with E-state index >= 15 is 0 Å². The van der Waals surface area contributed by atoms with Gasteiger partial charge in [-0.15, -0.1) is 0 Å². The van der Waals surface area contributed by atoms with E-state index in [-0.39, 0.29) is 18.5 Å². The number of rotatable bonds is 6. The fourth-order valence-corrected chi connectivity index (χ4v) is 5.13. The lowest BCUT2D eigenvalue weighted by Crippen LogP contribution is -2.58. The molecule has 8 nitrogen and oxygen atoms in total. The van der Waals surface area contributed by atoms with E-state index in [9.17, 15) is 14.7 Å². The van der Waals surface area contributed by atoms with E-state index in [4.69, 9.17) is 0 Å². The van der Waals surface area contributed by atoms with Gasteiger partial charge in [0.15, 0.2) is 0 Å². The zero-order valence-corrected chi connectivity index (χ0v) is 17.6. The maximum atomic E-state index is 12.5. The van der Waals surface area contributed by atoms with Crippen LogP contribution >= 0.6 is 0 Å². The van der Waals surface area contributed by atoms with Crippen molar-refractivity contribution in [3.63, 3.8) is 0 Å². The first-order chi connectivity index (χ1) is 14.3. The van der Waals surface area contributed by atoms with Gasteiger partial charge in [0.05, 0.1) is 6.20 Å². The Hall–Kier alpha value is -2.90. The Morgan fingerprint density at radius 1 is 1.30 bits per heavy atom. The summed E-state index contributed by atoms with van der Waals surface area (Å²) in [7, 11) is 0. The number of amides is 1. The molecule has 0 aliphatic heterocycles. The number of aromatic hydroxyl groups is 1. The third-order valence-corrected chi connectivity index (χ3v) is 7.25. The van der Waals surface area contributed by atoms with Gasteiger partial charge in [0.1, 0.15) is 12.2 Å². The Labute approximate surface area is 175 Å². The van der Waals surface area contributed by atoms with E-state index in [0.717, 1.165) is 16.7 Å². The summed E-state index contributed by atoms with van der Waals surface area (Å²) in [5.41, 5.74) is 0.937. The summed E-state index contributed by atoms with van der Waals surface area (Å²) in [6, 6.07) is 3.80. The number of carbonyl (C=O) groups excluding carboxylic acids is 1. The zero-order valence-electron chi connectivity index (χ0n) is 17.6. The summed E-state index contributed by atoms with van der Waals surface area (Å²) in [5, 5.41) is 20.6. The van der Waals surface area contributed by atoms with Crippen molar-refractivity contribution in [2.45, 2.75) is 52.7 Å². The molecule has 0 spiro atoms.